The highest BCUT2D eigenvalue weighted by atomic mass is 16.2. The minimum Gasteiger partial charge on any atom is -0.342 e. The van der Waals surface area contributed by atoms with Crippen LogP contribution in [0.4, 0.5) is 0 Å². The summed E-state index contributed by atoms with van der Waals surface area (Å²) in [5, 5.41) is 0. The first-order valence-corrected chi connectivity index (χ1v) is 8.50. The molecule has 1 heterocycles. The van der Waals surface area contributed by atoms with E-state index in [0.29, 0.717) is 18.9 Å². The van der Waals surface area contributed by atoms with E-state index in [0.717, 1.165) is 37.8 Å². The van der Waals surface area contributed by atoms with Crippen molar-refractivity contribution in [1.29, 1.82) is 0 Å². The van der Waals surface area contributed by atoms with E-state index in [1.165, 1.54) is 32.1 Å². The Morgan fingerprint density at radius 1 is 1.15 bits per heavy atom. The van der Waals surface area contributed by atoms with Crippen molar-refractivity contribution < 1.29 is 4.79 Å². The summed E-state index contributed by atoms with van der Waals surface area (Å²) in [6.07, 6.45) is 9.42. The Bertz CT molecular complexity index is 327. The summed E-state index contributed by atoms with van der Waals surface area (Å²) in [6.45, 7) is 7.19. The second kappa shape index (κ2) is 6.93. The molecule has 2 aliphatic rings. The average molecular weight is 280 g/mol. The van der Waals surface area contributed by atoms with Crippen LogP contribution in [0.5, 0.6) is 0 Å². The summed E-state index contributed by atoms with van der Waals surface area (Å²) >= 11 is 0. The third-order valence-electron chi connectivity index (χ3n) is 5.48. The monoisotopic (exact) mass is 280 g/mol. The Hall–Kier alpha value is -0.570. The number of carbonyl (C=O) groups excluding carboxylic acids is 1. The number of piperidine rings is 1. The highest BCUT2D eigenvalue weighted by molar-refractivity contribution is 5.76. The lowest BCUT2D eigenvalue weighted by atomic mass is 9.75. The molecular formula is C17H32N2O. The van der Waals surface area contributed by atoms with Gasteiger partial charge in [-0.1, -0.05) is 33.1 Å². The van der Waals surface area contributed by atoms with Gasteiger partial charge in [0.2, 0.25) is 5.91 Å². The van der Waals surface area contributed by atoms with E-state index in [4.69, 9.17) is 5.73 Å². The molecule has 3 nitrogen and oxygen atoms in total. The highest BCUT2D eigenvalue weighted by Crippen LogP contribution is 2.36. The van der Waals surface area contributed by atoms with Crippen LogP contribution in [0, 0.1) is 17.3 Å². The molecule has 2 fully saturated rings. The van der Waals surface area contributed by atoms with Crippen molar-refractivity contribution in [2.45, 2.75) is 65.2 Å². The van der Waals surface area contributed by atoms with Crippen LogP contribution in [0.15, 0.2) is 0 Å². The fourth-order valence-corrected chi connectivity index (χ4v) is 3.95. The van der Waals surface area contributed by atoms with Gasteiger partial charge in [0.05, 0.1) is 0 Å². The van der Waals surface area contributed by atoms with Gasteiger partial charge in [-0.25, -0.2) is 0 Å². The van der Waals surface area contributed by atoms with Crippen LogP contribution in [0.3, 0.4) is 0 Å². The molecule has 1 aliphatic carbocycles. The molecule has 0 bridgehead atoms. The predicted molar refractivity (Wildman–Crippen MR) is 83.3 cm³/mol. The molecule has 1 saturated carbocycles. The smallest absolute Gasteiger partial charge is 0.222 e. The summed E-state index contributed by atoms with van der Waals surface area (Å²) in [7, 11) is 0. The van der Waals surface area contributed by atoms with Crippen molar-refractivity contribution in [1.82, 2.24) is 4.90 Å². The quantitative estimate of drug-likeness (QED) is 0.840. The van der Waals surface area contributed by atoms with E-state index in [1.807, 2.05) is 0 Å². The Morgan fingerprint density at radius 2 is 1.85 bits per heavy atom. The molecule has 1 aliphatic heterocycles. The van der Waals surface area contributed by atoms with Crippen molar-refractivity contribution in [3.05, 3.63) is 0 Å². The summed E-state index contributed by atoms with van der Waals surface area (Å²) in [4.78, 5) is 14.6. The molecule has 20 heavy (non-hydrogen) atoms. The third-order valence-corrected chi connectivity index (χ3v) is 5.48. The number of carbonyl (C=O) groups is 1. The average Bonchev–Trinajstić information content (AvgIpc) is 2.44. The van der Waals surface area contributed by atoms with Crippen LogP contribution in [0.2, 0.25) is 0 Å². The first-order chi connectivity index (χ1) is 9.52. The second-order valence-corrected chi connectivity index (χ2v) is 7.64. The molecule has 0 aromatic heterocycles. The van der Waals surface area contributed by atoms with Gasteiger partial charge in [0.25, 0.3) is 0 Å². The molecule has 2 unspecified atom stereocenters. The zero-order valence-corrected chi connectivity index (χ0v) is 13.4. The van der Waals surface area contributed by atoms with Gasteiger partial charge in [0.15, 0.2) is 0 Å². The van der Waals surface area contributed by atoms with Gasteiger partial charge in [-0.05, 0) is 49.5 Å². The van der Waals surface area contributed by atoms with E-state index in [9.17, 15) is 4.79 Å². The molecule has 2 N–H and O–H groups in total. The first-order valence-electron chi connectivity index (χ1n) is 8.50. The molecule has 2 atom stereocenters. The number of fused-ring (bicyclic) bond motifs is 1. The van der Waals surface area contributed by atoms with Crippen molar-refractivity contribution >= 4 is 5.91 Å². The van der Waals surface area contributed by atoms with Crippen molar-refractivity contribution in [2.75, 3.05) is 19.6 Å². The minimum atomic E-state index is 0.202. The van der Waals surface area contributed by atoms with Crippen molar-refractivity contribution in [3.8, 4) is 0 Å². The largest absolute Gasteiger partial charge is 0.342 e. The lowest BCUT2D eigenvalue weighted by Gasteiger charge is -2.41. The molecule has 0 radical (unpaired) electrons. The van der Waals surface area contributed by atoms with E-state index in [-0.39, 0.29) is 5.41 Å². The number of hydrogen-bond donors (Lipinski definition) is 1. The number of nitrogens with two attached hydrogens (primary N) is 1. The van der Waals surface area contributed by atoms with Crippen molar-refractivity contribution in [2.24, 2.45) is 23.0 Å². The van der Waals surface area contributed by atoms with Gasteiger partial charge < -0.3 is 10.6 Å². The topological polar surface area (TPSA) is 46.3 Å². The Balaban J connectivity index is 1.78. The second-order valence-electron chi connectivity index (χ2n) is 7.64. The van der Waals surface area contributed by atoms with Crippen LogP contribution in [-0.4, -0.2) is 30.4 Å². The standard InChI is InChI=1S/C17H32N2O/c1-17(2,10-11-18)9-7-16(20)19-12-8-14-5-3-4-6-15(14)13-19/h14-15H,3-13,18H2,1-2H3. The zero-order valence-electron chi connectivity index (χ0n) is 13.4. The van der Waals surface area contributed by atoms with Gasteiger partial charge in [-0.15, -0.1) is 0 Å². The molecular weight excluding hydrogens is 248 g/mol. The normalized spacial score (nSPS) is 27.2. The van der Waals surface area contributed by atoms with E-state index < -0.39 is 0 Å². The molecule has 116 valence electrons. The summed E-state index contributed by atoms with van der Waals surface area (Å²) in [5.74, 6) is 2.07. The number of nitrogens with zero attached hydrogens (tertiary/aromatic N) is 1. The van der Waals surface area contributed by atoms with Gasteiger partial charge in [-0.2, -0.15) is 0 Å². The zero-order chi connectivity index (χ0) is 14.6. The summed E-state index contributed by atoms with van der Waals surface area (Å²) < 4.78 is 0. The lowest BCUT2D eigenvalue weighted by molar-refractivity contribution is -0.134. The number of rotatable bonds is 5. The first kappa shape index (κ1) is 15.8. The van der Waals surface area contributed by atoms with Gasteiger partial charge in [0.1, 0.15) is 0 Å². The van der Waals surface area contributed by atoms with Crippen LogP contribution in [-0.2, 0) is 4.79 Å². The van der Waals surface area contributed by atoms with Crippen molar-refractivity contribution in [3.63, 3.8) is 0 Å². The van der Waals surface area contributed by atoms with Crippen LogP contribution in [0.25, 0.3) is 0 Å². The maximum Gasteiger partial charge on any atom is 0.222 e. The predicted octanol–water partition coefficient (Wildman–Crippen LogP) is 3.18. The molecule has 2 rings (SSSR count). The van der Waals surface area contributed by atoms with E-state index >= 15 is 0 Å². The summed E-state index contributed by atoms with van der Waals surface area (Å²) in [5.41, 5.74) is 5.84. The van der Waals surface area contributed by atoms with Crippen LogP contribution >= 0.6 is 0 Å². The maximum atomic E-state index is 12.4. The fraction of sp³-hybridized carbons (Fsp3) is 0.941. The Kier molecular flexibility index (Phi) is 5.48. The third kappa shape index (κ3) is 4.21. The van der Waals surface area contributed by atoms with Crippen LogP contribution in [0.1, 0.15) is 65.2 Å². The number of amides is 1. The molecule has 0 aromatic carbocycles. The Labute approximate surface area is 124 Å². The highest BCUT2D eigenvalue weighted by Gasteiger charge is 2.33. The lowest BCUT2D eigenvalue weighted by Crippen LogP contribution is -2.44. The van der Waals surface area contributed by atoms with Gasteiger partial charge in [-0.3, -0.25) is 4.79 Å². The number of hydrogen-bond acceptors (Lipinski definition) is 2. The minimum absolute atomic E-state index is 0.202. The maximum absolute atomic E-state index is 12.4. The fourth-order valence-electron chi connectivity index (χ4n) is 3.95. The van der Waals surface area contributed by atoms with E-state index in [1.54, 1.807) is 0 Å². The SMILES string of the molecule is CC(C)(CCN)CCC(=O)N1CCC2CCCCC2C1. The van der Waals surface area contributed by atoms with Gasteiger partial charge >= 0.3 is 0 Å². The summed E-state index contributed by atoms with van der Waals surface area (Å²) in [6, 6.07) is 0. The molecule has 3 heteroatoms. The molecule has 1 saturated heterocycles. The number of likely N-dealkylation sites (tertiary alicyclic amines) is 1. The molecule has 1 amide bonds. The van der Waals surface area contributed by atoms with Crippen LogP contribution < -0.4 is 5.73 Å². The molecule has 0 spiro atoms. The van der Waals surface area contributed by atoms with E-state index in [2.05, 4.69) is 18.7 Å². The van der Waals surface area contributed by atoms with Gasteiger partial charge in [0, 0.05) is 19.5 Å². The Morgan fingerprint density at radius 3 is 2.55 bits per heavy atom. The molecule has 0 aromatic rings.